The van der Waals surface area contributed by atoms with Crippen LogP contribution in [-0.4, -0.2) is 30.6 Å². The Morgan fingerprint density at radius 1 is 1.04 bits per heavy atom. The molecule has 0 N–H and O–H groups in total. The second kappa shape index (κ2) is 7.96. The van der Waals surface area contributed by atoms with Gasteiger partial charge in [-0.15, -0.1) is 0 Å². The summed E-state index contributed by atoms with van der Waals surface area (Å²) in [6.45, 7) is 0.0869. The molecular formula is C18H17N3O4. The highest BCUT2D eigenvalue weighted by Gasteiger charge is 2.08. The standard InChI is InChI=1S/C18H17N3O4/c1-22-15-9-8-13(10-16(15)23-2)11-19-24-12-17-20-18(21-25-17)14-6-4-3-5-7-14/h3-11H,12H2,1-2H3/b19-11-. The van der Waals surface area contributed by atoms with Crippen molar-refractivity contribution in [1.29, 1.82) is 0 Å². The lowest BCUT2D eigenvalue weighted by Crippen LogP contribution is -1.93. The fourth-order valence-electron chi connectivity index (χ4n) is 2.14. The van der Waals surface area contributed by atoms with Crippen LogP contribution in [0.1, 0.15) is 11.5 Å². The molecule has 0 aliphatic heterocycles. The van der Waals surface area contributed by atoms with E-state index in [-0.39, 0.29) is 6.61 Å². The number of benzene rings is 2. The van der Waals surface area contributed by atoms with Gasteiger partial charge in [0.2, 0.25) is 5.82 Å². The van der Waals surface area contributed by atoms with Crippen LogP contribution in [0.15, 0.2) is 58.2 Å². The third kappa shape index (κ3) is 4.14. The SMILES string of the molecule is COc1ccc(/C=N\OCc2nc(-c3ccccc3)no2)cc1OC. The lowest BCUT2D eigenvalue weighted by molar-refractivity contribution is 0.107. The molecule has 0 saturated heterocycles. The maximum atomic E-state index is 5.24. The Hall–Kier alpha value is -3.35. The molecule has 0 bridgehead atoms. The summed E-state index contributed by atoms with van der Waals surface area (Å²) in [5, 5.41) is 7.82. The Bertz CT molecular complexity index is 847. The fraction of sp³-hybridized carbons (Fsp3) is 0.167. The van der Waals surface area contributed by atoms with Crippen molar-refractivity contribution in [2.45, 2.75) is 6.61 Å². The fourth-order valence-corrected chi connectivity index (χ4v) is 2.14. The Morgan fingerprint density at radius 3 is 2.60 bits per heavy atom. The minimum absolute atomic E-state index is 0.0869. The van der Waals surface area contributed by atoms with E-state index in [0.29, 0.717) is 23.2 Å². The molecule has 7 nitrogen and oxygen atoms in total. The molecule has 0 unspecified atom stereocenters. The zero-order valence-electron chi connectivity index (χ0n) is 13.9. The smallest absolute Gasteiger partial charge is 0.267 e. The molecule has 0 aliphatic carbocycles. The molecule has 7 heteroatoms. The van der Waals surface area contributed by atoms with Crippen LogP contribution in [0, 0.1) is 0 Å². The van der Waals surface area contributed by atoms with Gasteiger partial charge in [0.1, 0.15) is 0 Å². The van der Waals surface area contributed by atoms with Crippen molar-refractivity contribution in [2.75, 3.05) is 14.2 Å². The number of hydrogen-bond donors (Lipinski definition) is 0. The minimum Gasteiger partial charge on any atom is -0.493 e. The van der Waals surface area contributed by atoms with Gasteiger partial charge < -0.3 is 18.8 Å². The van der Waals surface area contributed by atoms with Crippen LogP contribution in [-0.2, 0) is 11.4 Å². The Balaban J connectivity index is 1.58. The van der Waals surface area contributed by atoms with E-state index < -0.39 is 0 Å². The summed E-state index contributed by atoms with van der Waals surface area (Å²) in [6.07, 6.45) is 1.57. The molecule has 3 rings (SSSR count). The Labute approximate surface area is 144 Å². The maximum Gasteiger partial charge on any atom is 0.267 e. The van der Waals surface area contributed by atoms with Gasteiger partial charge in [-0.3, -0.25) is 0 Å². The minimum atomic E-state index is 0.0869. The molecule has 0 radical (unpaired) electrons. The summed E-state index contributed by atoms with van der Waals surface area (Å²) < 4.78 is 15.6. The van der Waals surface area contributed by atoms with Crippen LogP contribution in [0.4, 0.5) is 0 Å². The highest BCUT2D eigenvalue weighted by Crippen LogP contribution is 2.26. The number of methoxy groups -OCH3 is 2. The second-order valence-electron chi connectivity index (χ2n) is 5.00. The Morgan fingerprint density at radius 2 is 1.84 bits per heavy atom. The van der Waals surface area contributed by atoms with Crippen molar-refractivity contribution >= 4 is 6.21 Å². The molecule has 1 heterocycles. The summed E-state index contributed by atoms with van der Waals surface area (Å²) in [7, 11) is 3.16. The van der Waals surface area contributed by atoms with Crippen molar-refractivity contribution < 1.29 is 18.8 Å². The molecule has 0 fully saturated rings. The number of oxime groups is 1. The number of rotatable bonds is 7. The van der Waals surface area contributed by atoms with Crippen LogP contribution >= 0.6 is 0 Å². The quantitative estimate of drug-likeness (QED) is 0.485. The molecular weight excluding hydrogens is 322 g/mol. The van der Waals surface area contributed by atoms with Gasteiger partial charge in [0.05, 0.1) is 20.4 Å². The van der Waals surface area contributed by atoms with Crippen molar-refractivity contribution in [2.24, 2.45) is 5.16 Å². The molecule has 1 aromatic heterocycles. The normalized spacial score (nSPS) is 10.8. The third-order valence-corrected chi connectivity index (χ3v) is 3.37. The summed E-state index contributed by atoms with van der Waals surface area (Å²) in [6, 6.07) is 15.0. The zero-order chi connectivity index (χ0) is 17.5. The zero-order valence-corrected chi connectivity index (χ0v) is 13.9. The predicted molar refractivity (Wildman–Crippen MR) is 91.7 cm³/mol. The van der Waals surface area contributed by atoms with Gasteiger partial charge in [-0.2, -0.15) is 4.98 Å². The van der Waals surface area contributed by atoms with E-state index in [0.717, 1.165) is 11.1 Å². The molecule has 3 aromatic rings. The molecule has 0 spiro atoms. The van der Waals surface area contributed by atoms with E-state index in [1.807, 2.05) is 36.4 Å². The number of nitrogens with zero attached hydrogens (tertiary/aromatic N) is 3. The van der Waals surface area contributed by atoms with Gasteiger partial charge in [-0.25, -0.2) is 0 Å². The average Bonchev–Trinajstić information content (AvgIpc) is 3.14. The van der Waals surface area contributed by atoms with Crippen molar-refractivity contribution in [3.05, 3.63) is 60.0 Å². The van der Waals surface area contributed by atoms with Gasteiger partial charge in [-0.05, 0) is 18.2 Å². The van der Waals surface area contributed by atoms with Crippen LogP contribution in [0.3, 0.4) is 0 Å². The first-order valence-electron chi connectivity index (χ1n) is 7.55. The summed E-state index contributed by atoms with van der Waals surface area (Å²) >= 11 is 0. The van der Waals surface area contributed by atoms with E-state index >= 15 is 0 Å². The molecule has 25 heavy (non-hydrogen) atoms. The van der Waals surface area contributed by atoms with Gasteiger partial charge in [-0.1, -0.05) is 40.6 Å². The van der Waals surface area contributed by atoms with Crippen molar-refractivity contribution in [3.8, 4) is 22.9 Å². The lowest BCUT2D eigenvalue weighted by Gasteiger charge is -2.07. The first kappa shape index (κ1) is 16.5. The average molecular weight is 339 g/mol. The molecule has 0 saturated carbocycles. The first-order chi connectivity index (χ1) is 12.3. The van der Waals surface area contributed by atoms with Crippen LogP contribution in [0.2, 0.25) is 0 Å². The van der Waals surface area contributed by atoms with Gasteiger partial charge >= 0.3 is 0 Å². The van der Waals surface area contributed by atoms with Crippen LogP contribution < -0.4 is 9.47 Å². The first-order valence-corrected chi connectivity index (χ1v) is 7.55. The van der Waals surface area contributed by atoms with Crippen molar-refractivity contribution in [3.63, 3.8) is 0 Å². The molecule has 0 atom stereocenters. The van der Waals surface area contributed by atoms with E-state index in [1.165, 1.54) is 0 Å². The lowest BCUT2D eigenvalue weighted by atomic mass is 10.2. The topological polar surface area (TPSA) is 79.0 Å². The van der Waals surface area contributed by atoms with Crippen LogP contribution in [0.25, 0.3) is 11.4 Å². The van der Waals surface area contributed by atoms with Crippen LogP contribution in [0.5, 0.6) is 11.5 Å². The molecule has 2 aromatic carbocycles. The second-order valence-corrected chi connectivity index (χ2v) is 5.00. The third-order valence-electron chi connectivity index (χ3n) is 3.37. The monoisotopic (exact) mass is 339 g/mol. The highest BCUT2D eigenvalue weighted by atomic mass is 16.6. The van der Waals surface area contributed by atoms with Gasteiger partial charge in [0.15, 0.2) is 18.1 Å². The van der Waals surface area contributed by atoms with E-state index in [9.17, 15) is 0 Å². The summed E-state index contributed by atoms with van der Waals surface area (Å²) in [5.74, 6) is 2.14. The molecule has 0 amide bonds. The number of ether oxygens (including phenoxy) is 2. The number of hydrogen-bond acceptors (Lipinski definition) is 7. The molecule has 128 valence electrons. The molecule has 0 aliphatic rings. The predicted octanol–water partition coefficient (Wildman–Crippen LogP) is 3.30. The van der Waals surface area contributed by atoms with E-state index in [2.05, 4.69) is 15.3 Å². The number of aromatic nitrogens is 2. The van der Waals surface area contributed by atoms with E-state index in [1.54, 1.807) is 32.6 Å². The maximum absolute atomic E-state index is 5.24. The van der Waals surface area contributed by atoms with Crippen molar-refractivity contribution in [1.82, 2.24) is 10.1 Å². The highest BCUT2D eigenvalue weighted by molar-refractivity contribution is 5.80. The van der Waals surface area contributed by atoms with Gasteiger partial charge in [0, 0.05) is 11.1 Å². The van der Waals surface area contributed by atoms with Gasteiger partial charge in [0.25, 0.3) is 5.89 Å². The summed E-state index contributed by atoms with van der Waals surface area (Å²) in [4.78, 5) is 9.47. The largest absolute Gasteiger partial charge is 0.493 e. The summed E-state index contributed by atoms with van der Waals surface area (Å²) in [5.41, 5.74) is 1.69. The Kier molecular flexibility index (Phi) is 5.26. The van der Waals surface area contributed by atoms with E-state index in [4.69, 9.17) is 18.8 Å².